The molecule has 3 rings (SSSR count). The van der Waals surface area contributed by atoms with Crippen LogP contribution in [0.5, 0.6) is 0 Å². The number of ether oxygens (including phenoxy) is 1. The zero-order valence-corrected chi connectivity index (χ0v) is 16.9. The smallest absolute Gasteiger partial charge is 0.339 e. The van der Waals surface area contributed by atoms with E-state index in [9.17, 15) is 14.4 Å². The fraction of sp³-hybridized carbons (Fsp3) is 0.160. The van der Waals surface area contributed by atoms with Gasteiger partial charge in [0.05, 0.1) is 5.56 Å². The lowest BCUT2D eigenvalue weighted by Crippen LogP contribution is -2.37. The van der Waals surface area contributed by atoms with Gasteiger partial charge < -0.3 is 9.64 Å². The van der Waals surface area contributed by atoms with Crippen LogP contribution < -0.4 is 0 Å². The van der Waals surface area contributed by atoms with Crippen molar-refractivity contribution < 1.29 is 19.1 Å². The number of benzene rings is 3. The predicted octanol–water partition coefficient (Wildman–Crippen LogP) is 4.12. The Balaban J connectivity index is 1.71. The summed E-state index contributed by atoms with van der Waals surface area (Å²) in [6.45, 7) is 1.94. The fourth-order valence-electron chi connectivity index (χ4n) is 3.12. The summed E-state index contributed by atoms with van der Waals surface area (Å²) < 4.78 is 5.40. The van der Waals surface area contributed by atoms with E-state index in [-0.39, 0.29) is 22.8 Å². The third-order valence-corrected chi connectivity index (χ3v) is 4.70. The van der Waals surface area contributed by atoms with Crippen molar-refractivity contribution in [2.75, 3.05) is 7.05 Å². The Morgan fingerprint density at radius 1 is 0.800 bits per heavy atom. The molecule has 0 aromatic heterocycles. The number of nitrogens with zero attached hydrogens (tertiary/aromatic N) is 1. The first-order chi connectivity index (χ1) is 14.5. The van der Waals surface area contributed by atoms with Gasteiger partial charge in [0.25, 0.3) is 5.91 Å². The van der Waals surface area contributed by atoms with Gasteiger partial charge in [-0.05, 0) is 18.6 Å². The van der Waals surface area contributed by atoms with Gasteiger partial charge in [0, 0.05) is 24.7 Å². The molecule has 0 spiro atoms. The van der Waals surface area contributed by atoms with E-state index >= 15 is 0 Å². The third kappa shape index (κ3) is 5.00. The van der Waals surface area contributed by atoms with Crippen LogP contribution in [0.1, 0.15) is 38.8 Å². The van der Waals surface area contributed by atoms with Crippen LogP contribution in [0.4, 0.5) is 0 Å². The summed E-state index contributed by atoms with van der Waals surface area (Å²) in [5.74, 6) is -1.30. The molecule has 3 aromatic carbocycles. The van der Waals surface area contributed by atoms with Gasteiger partial charge in [0.1, 0.15) is 0 Å². The zero-order valence-electron chi connectivity index (χ0n) is 16.9. The molecule has 1 amide bonds. The molecular weight excluding hydrogens is 378 g/mol. The molecule has 3 aromatic rings. The number of likely N-dealkylation sites (N-methyl/N-ethyl adjacent to an activating group) is 1. The van der Waals surface area contributed by atoms with E-state index in [1.165, 1.54) is 17.9 Å². The first-order valence-corrected chi connectivity index (χ1v) is 9.66. The number of esters is 1. The molecule has 0 fully saturated rings. The Morgan fingerprint density at radius 2 is 1.33 bits per heavy atom. The number of carbonyl (C=O) groups excluding carboxylic acids is 3. The van der Waals surface area contributed by atoms with Crippen molar-refractivity contribution in [2.24, 2.45) is 0 Å². The maximum absolute atomic E-state index is 12.8. The summed E-state index contributed by atoms with van der Waals surface area (Å²) in [5, 5.41) is 0. The molecule has 30 heavy (non-hydrogen) atoms. The molecule has 0 aliphatic carbocycles. The average molecular weight is 401 g/mol. The van der Waals surface area contributed by atoms with E-state index in [0.29, 0.717) is 12.1 Å². The van der Waals surface area contributed by atoms with Crippen LogP contribution in [0.2, 0.25) is 0 Å². The lowest BCUT2D eigenvalue weighted by molar-refractivity contribution is -0.139. The number of rotatable bonds is 7. The van der Waals surface area contributed by atoms with Crippen molar-refractivity contribution in [1.29, 1.82) is 0 Å². The topological polar surface area (TPSA) is 63.7 Å². The molecule has 1 atom stereocenters. The van der Waals surface area contributed by atoms with Crippen molar-refractivity contribution in [2.45, 2.75) is 19.6 Å². The van der Waals surface area contributed by atoms with E-state index in [2.05, 4.69) is 0 Å². The second-order valence-corrected chi connectivity index (χ2v) is 6.97. The average Bonchev–Trinajstić information content (AvgIpc) is 2.79. The fourth-order valence-corrected chi connectivity index (χ4v) is 3.12. The summed E-state index contributed by atoms with van der Waals surface area (Å²) in [6, 6.07) is 24.7. The summed E-state index contributed by atoms with van der Waals surface area (Å²) in [7, 11) is 1.66. The Hall–Kier alpha value is -3.73. The van der Waals surface area contributed by atoms with E-state index in [0.717, 1.165) is 5.56 Å². The van der Waals surface area contributed by atoms with Gasteiger partial charge in [0.15, 0.2) is 11.9 Å². The van der Waals surface area contributed by atoms with Crippen LogP contribution in [0, 0.1) is 0 Å². The largest absolute Gasteiger partial charge is 0.449 e. The highest BCUT2D eigenvalue weighted by Crippen LogP contribution is 2.17. The molecule has 0 N–H and O–H groups in total. The lowest BCUT2D eigenvalue weighted by Gasteiger charge is -2.22. The normalized spacial score (nSPS) is 11.4. The van der Waals surface area contributed by atoms with Crippen LogP contribution >= 0.6 is 0 Å². The minimum Gasteiger partial charge on any atom is -0.449 e. The van der Waals surface area contributed by atoms with Crippen molar-refractivity contribution in [3.63, 3.8) is 0 Å². The molecule has 0 saturated carbocycles. The molecule has 0 saturated heterocycles. The highest BCUT2D eigenvalue weighted by molar-refractivity contribution is 6.14. The van der Waals surface area contributed by atoms with Gasteiger partial charge in [-0.2, -0.15) is 0 Å². The molecule has 5 heteroatoms. The van der Waals surface area contributed by atoms with Gasteiger partial charge in [-0.25, -0.2) is 4.79 Å². The summed E-state index contributed by atoms with van der Waals surface area (Å²) >= 11 is 0. The maximum Gasteiger partial charge on any atom is 0.339 e. The van der Waals surface area contributed by atoms with E-state index in [1.54, 1.807) is 49.5 Å². The van der Waals surface area contributed by atoms with Gasteiger partial charge in [-0.3, -0.25) is 9.59 Å². The molecule has 0 unspecified atom stereocenters. The Kier molecular flexibility index (Phi) is 6.75. The lowest BCUT2D eigenvalue weighted by atomic mass is 9.98. The van der Waals surface area contributed by atoms with Gasteiger partial charge in [-0.15, -0.1) is 0 Å². The second-order valence-electron chi connectivity index (χ2n) is 6.97. The molecule has 0 aliphatic rings. The summed E-state index contributed by atoms with van der Waals surface area (Å²) in [6.07, 6.45) is -0.980. The van der Waals surface area contributed by atoms with E-state index < -0.39 is 12.1 Å². The van der Waals surface area contributed by atoms with E-state index in [1.807, 2.05) is 36.4 Å². The SMILES string of the molecule is C[C@H](OC(=O)c1ccccc1C(=O)c1ccccc1)C(=O)N(C)Cc1ccccc1. The van der Waals surface area contributed by atoms with Crippen molar-refractivity contribution in [3.05, 3.63) is 107 Å². The third-order valence-electron chi connectivity index (χ3n) is 4.70. The standard InChI is InChI=1S/C25H23NO4/c1-18(24(28)26(2)17-19-11-5-3-6-12-19)30-25(29)22-16-10-9-15-21(22)23(27)20-13-7-4-8-14-20/h3-16,18H,17H2,1-2H3/t18-/m0/s1. The molecule has 0 heterocycles. The maximum atomic E-state index is 12.8. The molecule has 152 valence electrons. The number of ketones is 1. The number of amides is 1. The molecular formula is C25H23NO4. The van der Waals surface area contributed by atoms with Gasteiger partial charge in [0.2, 0.25) is 0 Å². The minimum atomic E-state index is -0.980. The number of hydrogen-bond donors (Lipinski definition) is 0. The van der Waals surface area contributed by atoms with E-state index in [4.69, 9.17) is 4.74 Å². The van der Waals surface area contributed by atoms with Crippen LogP contribution in [-0.2, 0) is 16.1 Å². The van der Waals surface area contributed by atoms with Crippen LogP contribution in [-0.4, -0.2) is 35.7 Å². The Bertz CT molecular complexity index is 1030. The van der Waals surface area contributed by atoms with Gasteiger partial charge in [-0.1, -0.05) is 78.9 Å². The first kappa shape index (κ1) is 21.0. The number of carbonyl (C=O) groups is 3. The second kappa shape index (κ2) is 9.65. The quantitative estimate of drug-likeness (QED) is 0.441. The zero-order chi connectivity index (χ0) is 21.5. The highest BCUT2D eigenvalue weighted by atomic mass is 16.5. The molecule has 0 aliphatic heterocycles. The molecule has 0 bridgehead atoms. The Morgan fingerprint density at radius 3 is 1.97 bits per heavy atom. The van der Waals surface area contributed by atoms with Crippen LogP contribution in [0.25, 0.3) is 0 Å². The van der Waals surface area contributed by atoms with Crippen molar-refractivity contribution >= 4 is 17.7 Å². The summed E-state index contributed by atoms with van der Waals surface area (Å²) in [4.78, 5) is 39.7. The minimum absolute atomic E-state index is 0.136. The first-order valence-electron chi connectivity index (χ1n) is 9.66. The molecule has 5 nitrogen and oxygen atoms in total. The molecule has 0 radical (unpaired) electrons. The Labute approximate surface area is 175 Å². The monoisotopic (exact) mass is 401 g/mol. The van der Waals surface area contributed by atoms with Crippen LogP contribution in [0.15, 0.2) is 84.9 Å². The van der Waals surface area contributed by atoms with Crippen molar-refractivity contribution in [3.8, 4) is 0 Å². The van der Waals surface area contributed by atoms with Gasteiger partial charge >= 0.3 is 5.97 Å². The predicted molar refractivity (Wildman–Crippen MR) is 114 cm³/mol. The van der Waals surface area contributed by atoms with Crippen LogP contribution in [0.3, 0.4) is 0 Å². The highest BCUT2D eigenvalue weighted by Gasteiger charge is 2.25. The van der Waals surface area contributed by atoms with Crippen molar-refractivity contribution in [1.82, 2.24) is 4.90 Å². The summed E-state index contributed by atoms with van der Waals surface area (Å²) in [5.41, 5.74) is 1.83. The number of hydrogen-bond acceptors (Lipinski definition) is 4.